The number of rotatable bonds is 6. The van der Waals surface area contributed by atoms with Crippen molar-refractivity contribution in [2.75, 3.05) is 12.3 Å². The molecule has 2 aromatic carbocycles. The van der Waals surface area contributed by atoms with E-state index in [1.54, 1.807) is 30.5 Å². The summed E-state index contributed by atoms with van der Waals surface area (Å²) in [5, 5.41) is 4.10. The lowest BCUT2D eigenvalue weighted by Crippen LogP contribution is -2.17. The van der Waals surface area contributed by atoms with E-state index in [2.05, 4.69) is 15.1 Å². The molecule has 3 aromatic rings. The van der Waals surface area contributed by atoms with E-state index in [4.69, 9.17) is 10.5 Å². The minimum Gasteiger partial charge on any atom is -0.494 e. The second kappa shape index (κ2) is 8.43. The zero-order valence-electron chi connectivity index (χ0n) is 16.3. The van der Waals surface area contributed by atoms with Crippen LogP contribution in [0.3, 0.4) is 0 Å². The Hall–Kier alpha value is -3.54. The van der Waals surface area contributed by atoms with Crippen molar-refractivity contribution >= 4 is 17.8 Å². The largest absolute Gasteiger partial charge is 0.494 e. The van der Waals surface area contributed by atoms with Gasteiger partial charge in [0.05, 0.1) is 12.8 Å². The van der Waals surface area contributed by atoms with E-state index in [9.17, 15) is 4.79 Å². The zero-order chi connectivity index (χ0) is 20.1. The first-order valence-electron chi connectivity index (χ1n) is 9.10. The summed E-state index contributed by atoms with van der Waals surface area (Å²) < 4.78 is 7.64. The molecule has 0 fully saturated rings. The van der Waals surface area contributed by atoms with E-state index in [0.29, 0.717) is 17.9 Å². The first kappa shape index (κ1) is 19.2. The number of carbonyl (C=O) groups excluding carboxylic acids is 1. The SMILES string of the molecule is CCOc1ccc(-n2c(C)cc(/C=N\NC(=O)c3ccc(N)cc3)c2C)cc1. The summed E-state index contributed by atoms with van der Waals surface area (Å²) in [6.45, 7) is 6.66. The minimum atomic E-state index is -0.281. The van der Waals surface area contributed by atoms with Crippen LogP contribution in [-0.4, -0.2) is 23.3 Å². The fraction of sp³-hybridized carbons (Fsp3) is 0.182. The fourth-order valence-electron chi connectivity index (χ4n) is 3.03. The van der Waals surface area contributed by atoms with Gasteiger partial charge in [-0.2, -0.15) is 5.10 Å². The molecule has 0 aliphatic carbocycles. The number of nitrogens with one attached hydrogen (secondary N) is 1. The zero-order valence-corrected chi connectivity index (χ0v) is 16.3. The van der Waals surface area contributed by atoms with Crippen LogP contribution in [0.2, 0.25) is 0 Å². The maximum atomic E-state index is 12.1. The van der Waals surface area contributed by atoms with Gasteiger partial charge in [-0.1, -0.05) is 0 Å². The molecule has 0 radical (unpaired) electrons. The van der Waals surface area contributed by atoms with E-state index in [0.717, 1.165) is 28.4 Å². The average molecular weight is 376 g/mol. The lowest BCUT2D eigenvalue weighted by Gasteiger charge is -2.10. The molecule has 0 aliphatic rings. The molecule has 1 heterocycles. The molecule has 0 atom stereocenters. The van der Waals surface area contributed by atoms with Crippen LogP contribution in [0.1, 0.15) is 34.2 Å². The van der Waals surface area contributed by atoms with Gasteiger partial charge in [0.2, 0.25) is 0 Å². The van der Waals surface area contributed by atoms with Gasteiger partial charge in [0.15, 0.2) is 0 Å². The molecule has 0 spiro atoms. The maximum absolute atomic E-state index is 12.1. The Labute approximate surface area is 164 Å². The second-order valence-corrected chi connectivity index (χ2v) is 6.41. The standard InChI is InChI=1S/C22H24N4O2/c1-4-28-21-11-9-20(10-12-21)26-15(2)13-18(16(26)3)14-24-25-22(27)17-5-7-19(23)8-6-17/h5-14H,4,23H2,1-3H3,(H,25,27)/b24-14-. The van der Waals surface area contributed by atoms with Crippen LogP contribution in [0.5, 0.6) is 5.75 Å². The van der Waals surface area contributed by atoms with E-state index in [1.807, 2.05) is 51.1 Å². The quantitative estimate of drug-likeness (QED) is 0.390. The predicted molar refractivity (Wildman–Crippen MR) is 112 cm³/mol. The van der Waals surface area contributed by atoms with Gasteiger partial charge < -0.3 is 15.0 Å². The van der Waals surface area contributed by atoms with E-state index < -0.39 is 0 Å². The topological polar surface area (TPSA) is 81.6 Å². The maximum Gasteiger partial charge on any atom is 0.271 e. The Morgan fingerprint density at radius 3 is 2.46 bits per heavy atom. The molecule has 3 rings (SSSR count). The smallest absolute Gasteiger partial charge is 0.271 e. The first-order chi connectivity index (χ1) is 13.5. The van der Waals surface area contributed by atoms with Gasteiger partial charge in [-0.05, 0) is 75.4 Å². The molecule has 0 unspecified atom stereocenters. The number of nitrogen functional groups attached to an aromatic ring is 1. The highest BCUT2D eigenvalue weighted by molar-refractivity contribution is 5.95. The van der Waals surface area contributed by atoms with Crippen LogP contribution in [0, 0.1) is 13.8 Å². The highest BCUT2D eigenvalue weighted by Crippen LogP contribution is 2.22. The summed E-state index contributed by atoms with van der Waals surface area (Å²) in [6, 6.07) is 16.7. The van der Waals surface area contributed by atoms with E-state index in [-0.39, 0.29) is 5.91 Å². The molecule has 28 heavy (non-hydrogen) atoms. The number of carbonyl (C=O) groups is 1. The molecular formula is C22H24N4O2. The number of ether oxygens (including phenoxy) is 1. The van der Waals surface area contributed by atoms with Gasteiger partial charge in [-0.25, -0.2) is 5.43 Å². The monoisotopic (exact) mass is 376 g/mol. The number of benzene rings is 2. The summed E-state index contributed by atoms with van der Waals surface area (Å²) in [4.78, 5) is 12.1. The number of nitrogens with zero attached hydrogens (tertiary/aromatic N) is 2. The number of hydrogen-bond donors (Lipinski definition) is 2. The molecule has 144 valence electrons. The van der Waals surface area contributed by atoms with Crippen LogP contribution in [0.25, 0.3) is 5.69 Å². The highest BCUT2D eigenvalue weighted by Gasteiger charge is 2.10. The predicted octanol–water partition coefficient (Wildman–Crippen LogP) is 3.84. The Bertz CT molecular complexity index is 987. The van der Waals surface area contributed by atoms with Crippen LogP contribution >= 0.6 is 0 Å². The van der Waals surface area contributed by atoms with Crippen molar-refractivity contribution in [2.45, 2.75) is 20.8 Å². The van der Waals surface area contributed by atoms with Gasteiger partial charge in [0.25, 0.3) is 5.91 Å². The van der Waals surface area contributed by atoms with E-state index in [1.165, 1.54) is 0 Å². The Morgan fingerprint density at radius 1 is 1.14 bits per heavy atom. The highest BCUT2D eigenvalue weighted by atomic mass is 16.5. The molecular weight excluding hydrogens is 352 g/mol. The minimum absolute atomic E-state index is 0.281. The Balaban J connectivity index is 1.75. The van der Waals surface area contributed by atoms with Crippen molar-refractivity contribution in [3.05, 3.63) is 77.1 Å². The summed E-state index contributed by atoms with van der Waals surface area (Å²) in [5.41, 5.74) is 13.4. The number of hydrazone groups is 1. The summed E-state index contributed by atoms with van der Waals surface area (Å²) in [6.07, 6.45) is 1.66. The third-order valence-corrected chi connectivity index (χ3v) is 4.42. The molecule has 0 bridgehead atoms. The molecule has 0 aliphatic heterocycles. The van der Waals surface area contributed by atoms with E-state index >= 15 is 0 Å². The van der Waals surface area contributed by atoms with Gasteiger partial charge in [-0.3, -0.25) is 4.79 Å². The fourth-order valence-corrected chi connectivity index (χ4v) is 3.03. The normalized spacial score (nSPS) is 11.0. The Kier molecular flexibility index (Phi) is 5.79. The molecule has 1 aromatic heterocycles. The van der Waals surface area contributed by atoms with Crippen molar-refractivity contribution in [2.24, 2.45) is 5.10 Å². The van der Waals surface area contributed by atoms with Crippen LogP contribution in [-0.2, 0) is 0 Å². The van der Waals surface area contributed by atoms with Crippen LogP contribution in [0.4, 0.5) is 5.69 Å². The number of amides is 1. The molecule has 0 saturated carbocycles. The number of nitrogens with two attached hydrogens (primary N) is 1. The van der Waals surface area contributed by atoms with Gasteiger partial charge in [0, 0.05) is 33.9 Å². The second-order valence-electron chi connectivity index (χ2n) is 6.41. The number of aryl methyl sites for hydroxylation is 1. The summed E-state index contributed by atoms with van der Waals surface area (Å²) in [7, 11) is 0. The summed E-state index contributed by atoms with van der Waals surface area (Å²) >= 11 is 0. The third-order valence-electron chi connectivity index (χ3n) is 4.42. The Morgan fingerprint density at radius 2 is 1.82 bits per heavy atom. The van der Waals surface area contributed by atoms with Crippen LogP contribution < -0.4 is 15.9 Å². The molecule has 0 saturated heterocycles. The number of aromatic nitrogens is 1. The van der Waals surface area contributed by atoms with Crippen LogP contribution in [0.15, 0.2) is 59.7 Å². The first-order valence-corrected chi connectivity index (χ1v) is 9.10. The van der Waals surface area contributed by atoms with Crippen molar-refractivity contribution < 1.29 is 9.53 Å². The average Bonchev–Trinajstić information content (AvgIpc) is 2.97. The number of anilines is 1. The molecule has 6 nitrogen and oxygen atoms in total. The molecule has 3 N–H and O–H groups in total. The molecule has 1 amide bonds. The lowest BCUT2D eigenvalue weighted by molar-refractivity contribution is 0.0955. The van der Waals surface area contributed by atoms with Crippen molar-refractivity contribution in [1.82, 2.24) is 9.99 Å². The molecule has 6 heteroatoms. The number of hydrogen-bond acceptors (Lipinski definition) is 4. The van der Waals surface area contributed by atoms with Crippen molar-refractivity contribution in [3.8, 4) is 11.4 Å². The van der Waals surface area contributed by atoms with Gasteiger partial charge in [0.1, 0.15) is 5.75 Å². The third kappa shape index (κ3) is 4.23. The van der Waals surface area contributed by atoms with Crippen molar-refractivity contribution in [1.29, 1.82) is 0 Å². The summed E-state index contributed by atoms with van der Waals surface area (Å²) in [5.74, 6) is 0.567. The van der Waals surface area contributed by atoms with Crippen molar-refractivity contribution in [3.63, 3.8) is 0 Å². The lowest BCUT2D eigenvalue weighted by atomic mass is 10.2. The van der Waals surface area contributed by atoms with Gasteiger partial charge in [-0.15, -0.1) is 0 Å². The van der Waals surface area contributed by atoms with Gasteiger partial charge >= 0.3 is 0 Å².